The Morgan fingerprint density at radius 3 is 2.53 bits per heavy atom. The summed E-state index contributed by atoms with van der Waals surface area (Å²) in [5.74, 6) is 0.607. The fraction of sp³-hybridized carbons (Fsp3) is 0.429. The predicted octanol–water partition coefficient (Wildman–Crippen LogP) is 3.76. The first kappa shape index (κ1) is 12.0. The van der Waals surface area contributed by atoms with Gasteiger partial charge in [0.25, 0.3) is 0 Å². The fourth-order valence-corrected chi connectivity index (χ4v) is 1.50. The maximum absolute atomic E-state index is 5.24. The van der Waals surface area contributed by atoms with Gasteiger partial charge in [0.2, 0.25) is 0 Å². The molecular formula is C14H20O. The number of methoxy groups -OCH3 is 1. The Bertz CT molecular complexity index is 300. The normalized spacial score (nSPS) is 13.9. The summed E-state index contributed by atoms with van der Waals surface area (Å²) in [4.78, 5) is 0. The van der Waals surface area contributed by atoms with Gasteiger partial charge in [0.1, 0.15) is 0 Å². The van der Waals surface area contributed by atoms with Crippen LogP contribution in [0.15, 0.2) is 36.4 Å². The highest BCUT2D eigenvalue weighted by atomic mass is 16.5. The van der Waals surface area contributed by atoms with Gasteiger partial charge < -0.3 is 4.74 Å². The van der Waals surface area contributed by atoms with Crippen LogP contribution in [-0.2, 0) is 4.74 Å². The molecule has 0 fully saturated rings. The van der Waals surface area contributed by atoms with Gasteiger partial charge in [0.15, 0.2) is 0 Å². The summed E-state index contributed by atoms with van der Waals surface area (Å²) in [6.07, 6.45) is 3.47. The minimum Gasteiger partial charge on any atom is -0.380 e. The van der Waals surface area contributed by atoms with Gasteiger partial charge in [-0.25, -0.2) is 0 Å². The van der Waals surface area contributed by atoms with E-state index in [-0.39, 0.29) is 0 Å². The first-order valence-electron chi connectivity index (χ1n) is 5.53. The lowest BCUT2D eigenvalue weighted by Gasteiger charge is -2.09. The number of hydrogen-bond donors (Lipinski definition) is 0. The van der Waals surface area contributed by atoms with Crippen molar-refractivity contribution >= 4 is 5.57 Å². The highest BCUT2D eigenvalue weighted by molar-refractivity contribution is 5.66. The van der Waals surface area contributed by atoms with Gasteiger partial charge in [-0.1, -0.05) is 56.7 Å². The summed E-state index contributed by atoms with van der Waals surface area (Å²) < 4.78 is 5.24. The Balaban J connectivity index is 2.88. The Morgan fingerprint density at radius 2 is 2.00 bits per heavy atom. The molecule has 15 heavy (non-hydrogen) atoms. The Morgan fingerprint density at radius 1 is 1.33 bits per heavy atom. The second kappa shape index (κ2) is 6.41. The molecule has 0 aliphatic carbocycles. The third kappa shape index (κ3) is 3.88. The van der Waals surface area contributed by atoms with Gasteiger partial charge in [-0.05, 0) is 17.1 Å². The van der Waals surface area contributed by atoms with Gasteiger partial charge in [0, 0.05) is 7.11 Å². The van der Waals surface area contributed by atoms with Gasteiger partial charge >= 0.3 is 0 Å². The summed E-state index contributed by atoms with van der Waals surface area (Å²) in [7, 11) is 1.74. The van der Waals surface area contributed by atoms with Crippen molar-refractivity contribution < 1.29 is 4.74 Å². The number of hydrogen-bond acceptors (Lipinski definition) is 1. The molecule has 0 saturated heterocycles. The van der Waals surface area contributed by atoms with Crippen molar-refractivity contribution in [3.8, 4) is 0 Å². The molecule has 0 aliphatic rings. The summed E-state index contributed by atoms with van der Waals surface area (Å²) in [5.41, 5.74) is 2.55. The van der Waals surface area contributed by atoms with Crippen LogP contribution in [0.2, 0.25) is 0 Å². The second-order valence-electron chi connectivity index (χ2n) is 3.88. The Labute approximate surface area is 92.8 Å². The van der Waals surface area contributed by atoms with Crippen molar-refractivity contribution in [1.29, 1.82) is 0 Å². The number of ether oxygens (including phenoxy) is 1. The molecule has 0 saturated carbocycles. The topological polar surface area (TPSA) is 9.23 Å². The molecule has 1 nitrogen and oxygen atoms in total. The van der Waals surface area contributed by atoms with Crippen LogP contribution in [0.1, 0.15) is 25.8 Å². The van der Waals surface area contributed by atoms with Crippen LogP contribution in [0.5, 0.6) is 0 Å². The molecule has 0 spiro atoms. The molecule has 1 heteroatoms. The zero-order valence-corrected chi connectivity index (χ0v) is 9.86. The van der Waals surface area contributed by atoms with Gasteiger partial charge in [-0.15, -0.1) is 0 Å². The molecule has 0 radical (unpaired) electrons. The van der Waals surface area contributed by atoms with Crippen molar-refractivity contribution in [1.82, 2.24) is 0 Å². The minimum absolute atomic E-state index is 0.607. The summed E-state index contributed by atoms with van der Waals surface area (Å²) in [6.45, 7) is 5.13. The second-order valence-corrected chi connectivity index (χ2v) is 3.88. The number of allylic oxidation sites excluding steroid dienone is 1. The van der Waals surface area contributed by atoms with Crippen LogP contribution in [-0.4, -0.2) is 13.7 Å². The Hall–Kier alpha value is -1.08. The lowest BCUT2D eigenvalue weighted by Crippen LogP contribution is -1.97. The third-order valence-electron chi connectivity index (χ3n) is 2.57. The SMILES string of the molecule is CCC(C)/C=C(\COC)c1ccccc1. The first-order chi connectivity index (χ1) is 7.27. The maximum atomic E-state index is 5.24. The zero-order valence-electron chi connectivity index (χ0n) is 9.86. The van der Waals surface area contributed by atoms with Crippen molar-refractivity contribution in [2.24, 2.45) is 5.92 Å². The molecule has 0 N–H and O–H groups in total. The molecule has 1 rings (SSSR count). The van der Waals surface area contributed by atoms with Crippen LogP contribution in [0.25, 0.3) is 5.57 Å². The summed E-state index contributed by atoms with van der Waals surface area (Å²) in [5, 5.41) is 0. The van der Waals surface area contributed by atoms with Crippen molar-refractivity contribution in [3.63, 3.8) is 0 Å². The van der Waals surface area contributed by atoms with Gasteiger partial charge in [-0.2, -0.15) is 0 Å². The lowest BCUT2D eigenvalue weighted by atomic mass is 10.00. The molecule has 82 valence electrons. The van der Waals surface area contributed by atoms with E-state index < -0.39 is 0 Å². The molecule has 1 unspecified atom stereocenters. The van der Waals surface area contributed by atoms with Crippen LogP contribution < -0.4 is 0 Å². The van der Waals surface area contributed by atoms with Crippen LogP contribution >= 0.6 is 0 Å². The van der Waals surface area contributed by atoms with Crippen molar-refractivity contribution in [2.45, 2.75) is 20.3 Å². The first-order valence-corrected chi connectivity index (χ1v) is 5.53. The highest BCUT2D eigenvalue weighted by Gasteiger charge is 2.02. The molecular weight excluding hydrogens is 184 g/mol. The van der Waals surface area contributed by atoms with E-state index in [9.17, 15) is 0 Å². The summed E-state index contributed by atoms with van der Waals surface area (Å²) in [6, 6.07) is 10.4. The van der Waals surface area contributed by atoms with Crippen molar-refractivity contribution in [3.05, 3.63) is 42.0 Å². The van der Waals surface area contributed by atoms with Crippen LogP contribution in [0.3, 0.4) is 0 Å². The average Bonchev–Trinajstić information content (AvgIpc) is 2.29. The molecule has 0 aliphatic heterocycles. The number of rotatable bonds is 5. The van der Waals surface area contributed by atoms with Gasteiger partial charge in [-0.3, -0.25) is 0 Å². The highest BCUT2D eigenvalue weighted by Crippen LogP contribution is 2.18. The zero-order chi connectivity index (χ0) is 11.1. The molecule has 0 bridgehead atoms. The monoisotopic (exact) mass is 204 g/mol. The minimum atomic E-state index is 0.607. The summed E-state index contributed by atoms with van der Waals surface area (Å²) >= 11 is 0. The molecule has 0 amide bonds. The van der Waals surface area contributed by atoms with E-state index in [4.69, 9.17) is 4.74 Å². The van der Waals surface area contributed by atoms with Crippen LogP contribution in [0, 0.1) is 5.92 Å². The number of benzene rings is 1. The van der Waals surface area contributed by atoms with E-state index >= 15 is 0 Å². The molecule has 1 aromatic rings. The standard InChI is InChI=1S/C14H20O/c1-4-12(2)10-14(11-15-3)13-8-6-5-7-9-13/h5-10,12H,4,11H2,1-3H3/b14-10+. The third-order valence-corrected chi connectivity index (χ3v) is 2.57. The smallest absolute Gasteiger partial charge is 0.0715 e. The predicted molar refractivity (Wildman–Crippen MR) is 65.8 cm³/mol. The van der Waals surface area contributed by atoms with E-state index in [1.807, 2.05) is 6.07 Å². The van der Waals surface area contributed by atoms with E-state index in [2.05, 4.69) is 44.2 Å². The average molecular weight is 204 g/mol. The van der Waals surface area contributed by atoms with E-state index in [0.717, 1.165) is 0 Å². The van der Waals surface area contributed by atoms with Crippen molar-refractivity contribution in [2.75, 3.05) is 13.7 Å². The van der Waals surface area contributed by atoms with E-state index in [1.165, 1.54) is 17.6 Å². The van der Waals surface area contributed by atoms with Gasteiger partial charge in [0.05, 0.1) is 6.61 Å². The lowest BCUT2D eigenvalue weighted by molar-refractivity contribution is 0.239. The van der Waals surface area contributed by atoms with E-state index in [1.54, 1.807) is 7.11 Å². The molecule has 0 aromatic heterocycles. The molecule has 1 atom stereocenters. The fourth-order valence-electron chi connectivity index (χ4n) is 1.50. The Kier molecular flexibility index (Phi) is 5.13. The van der Waals surface area contributed by atoms with E-state index in [0.29, 0.717) is 12.5 Å². The quantitative estimate of drug-likeness (QED) is 0.709. The van der Waals surface area contributed by atoms with Crippen LogP contribution in [0.4, 0.5) is 0 Å². The molecule has 0 heterocycles. The maximum Gasteiger partial charge on any atom is 0.0715 e. The largest absolute Gasteiger partial charge is 0.380 e. The molecule has 1 aromatic carbocycles.